The maximum Gasteiger partial charge on any atom is 0.304 e. The second kappa shape index (κ2) is 13.7. The number of hydrogen-bond donors (Lipinski definition) is 2. The Hall–Kier alpha value is -4.12. The largest absolute Gasteiger partial charge is 0.481 e. The number of carboxylic acids is 1. The van der Waals surface area contributed by atoms with Crippen molar-refractivity contribution >= 4 is 32.8 Å². The molecule has 1 atom stereocenters. The number of carbonyl (C=O) groups is 2. The third-order valence-corrected chi connectivity index (χ3v) is 9.93. The van der Waals surface area contributed by atoms with Crippen LogP contribution in [0.3, 0.4) is 0 Å². The zero-order chi connectivity index (χ0) is 31.3. The van der Waals surface area contributed by atoms with Gasteiger partial charge in [-0.05, 0) is 17.5 Å². The van der Waals surface area contributed by atoms with Gasteiger partial charge in [0, 0.05) is 49.2 Å². The number of piperazine rings is 1. The zero-order valence-electron chi connectivity index (χ0n) is 25.0. The van der Waals surface area contributed by atoms with E-state index in [2.05, 4.69) is 24.1 Å². The first-order chi connectivity index (χ1) is 21.1. The fraction of sp³-hybridized carbons (Fsp3) is 0.324. The van der Waals surface area contributed by atoms with Gasteiger partial charge < -0.3 is 10.4 Å². The molecule has 1 aliphatic heterocycles. The fourth-order valence-corrected chi connectivity index (χ4v) is 7.15. The molecule has 0 aliphatic carbocycles. The average Bonchev–Trinajstić information content (AvgIpc) is 3.03. The normalized spacial score (nSPS) is 15.3. The van der Waals surface area contributed by atoms with Crippen molar-refractivity contribution in [1.29, 1.82) is 0 Å². The number of carbonyl (C=O) groups excluding carboxylic acids is 1. The predicted octanol–water partition coefficient (Wildman–Crippen LogP) is 4.95. The quantitative estimate of drug-likeness (QED) is 0.245. The Bertz CT molecular complexity index is 1720. The van der Waals surface area contributed by atoms with Gasteiger partial charge >= 0.3 is 5.97 Å². The molecule has 2 N–H and O–H groups in total. The van der Waals surface area contributed by atoms with Crippen LogP contribution < -0.4 is 5.32 Å². The lowest BCUT2D eigenvalue weighted by molar-refractivity contribution is -0.136. The Morgan fingerprint density at radius 2 is 1.50 bits per heavy atom. The van der Waals surface area contributed by atoms with Gasteiger partial charge in [0.25, 0.3) is 5.91 Å². The van der Waals surface area contributed by atoms with Gasteiger partial charge in [-0.3, -0.25) is 14.5 Å². The van der Waals surface area contributed by atoms with Crippen molar-refractivity contribution in [2.75, 3.05) is 31.9 Å². The molecular formula is C34H38N4O5S. The molecule has 1 aromatic heterocycles. The number of benzene rings is 3. The van der Waals surface area contributed by atoms with Crippen LogP contribution in [0.5, 0.6) is 0 Å². The van der Waals surface area contributed by atoms with Gasteiger partial charge in [-0.25, -0.2) is 13.4 Å². The first-order valence-electron chi connectivity index (χ1n) is 14.9. The Morgan fingerprint density at radius 3 is 2.14 bits per heavy atom. The van der Waals surface area contributed by atoms with Gasteiger partial charge in [0.15, 0.2) is 0 Å². The fourth-order valence-electron chi connectivity index (χ4n) is 5.74. The molecule has 1 fully saturated rings. The molecule has 0 radical (unpaired) electrons. The average molecular weight is 615 g/mol. The van der Waals surface area contributed by atoms with Crippen LogP contribution in [0.2, 0.25) is 0 Å². The summed E-state index contributed by atoms with van der Waals surface area (Å²) in [5.74, 6) is -1.60. The highest BCUT2D eigenvalue weighted by Crippen LogP contribution is 2.33. The lowest BCUT2D eigenvalue weighted by Gasteiger charge is -2.34. The van der Waals surface area contributed by atoms with E-state index in [0.717, 1.165) is 27.6 Å². The van der Waals surface area contributed by atoms with Crippen molar-refractivity contribution in [2.24, 2.45) is 5.92 Å². The van der Waals surface area contributed by atoms with E-state index < -0.39 is 28.2 Å². The highest BCUT2D eigenvalue weighted by molar-refractivity contribution is 7.89. The van der Waals surface area contributed by atoms with Crippen LogP contribution >= 0.6 is 0 Å². The Morgan fingerprint density at radius 1 is 0.886 bits per heavy atom. The van der Waals surface area contributed by atoms with E-state index in [-0.39, 0.29) is 31.0 Å². The van der Waals surface area contributed by atoms with E-state index >= 15 is 0 Å². The molecule has 3 aromatic carbocycles. The Labute approximate surface area is 258 Å². The lowest BCUT2D eigenvalue weighted by Crippen LogP contribution is -2.49. The predicted molar refractivity (Wildman–Crippen MR) is 172 cm³/mol. The number of nitrogens with one attached hydrogen (secondary N) is 1. The molecular weight excluding hydrogens is 576 g/mol. The SMILES string of the molecule is CC(C)[C@H](NC(=O)c1c(CN2CCN(S(=O)(=O)CCC(=O)O)CC2)c(-c2ccccc2)nc2ccccc12)c1ccccc1. The number of pyridine rings is 1. The van der Waals surface area contributed by atoms with Gasteiger partial charge in [0.05, 0.1) is 35.0 Å². The summed E-state index contributed by atoms with van der Waals surface area (Å²) in [6.45, 7) is 5.93. The highest BCUT2D eigenvalue weighted by Gasteiger charge is 2.30. The molecule has 0 bridgehead atoms. The van der Waals surface area contributed by atoms with E-state index in [1.807, 2.05) is 84.9 Å². The maximum absolute atomic E-state index is 14.4. The summed E-state index contributed by atoms with van der Waals surface area (Å²) in [6.07, 6.45) is -0.426. The van der Waals surface area contributed by atoms with E-state index in [1.54, 1.807) is 0 Å². The number of fused-ring (bicyclic) bond motifs is 1. The van der Waals surface area contributed by atoms with Crippen molar-refractivity contribution in [3.8, 4) is 11.3 Å². The number of carboxylic acid groups (broad SMARTS) is 1. The monoisotopic (exact) mass is 614 g/mol. The van der Waals surface area contributed by atoms with Crippen LogP contribution in [0.4, 0.5) is 0 Å². The van der Waals surface area contributed by atoms with E-state index in [4.69, 9.17) is 10.1 Å². The number of sulfonamides is 1. The molecule has 1 saturated heterocycles. The zero-order valence-corrected chi connectivity index (χ0v) is 25.8. The molecule has 10 heteroatoms. The van der Waals surface area contributed by atoms with Crippen LogP contribution in [-0.2, 0) is 21.4 Å². The van der Waals surface area contributed by atoms with E-state index in [9.17, 15) is 18.0 Å². The van der Waals surface area contributed by atoms with Crippen molar-refractivity contribution in [1.82, 2.24) is 19.5 Å². The van der Waals surface area contributed by atoms with Crippen molar-refractivity contribution in [3.05, 3.63) is 102 Å². The molecule has 2 heterocycles. The van der Waals surface area contributed by atoms with Gasteiger partial charge in [-0.15, -0.1) is 0 Å². The summed E-state index contributed by atoms with van der Waals surface area (Å²) >= 11 is 0. The third-order valence-electron chi connectivity index (χ3n) is 8.06. The first-order valence-corrected chi connectivity index (χ1v) is 16.5. The minimum Gasteiger partial charge on any atom is -0.481 e. The first kappa shape index (κ1) is 31.3. The van der Waals surface area contributed by atoms with Crippen LogP contribution in [-0.4, -0.2) is 71.5 Å². The number of aromatic nitrogens is 1. The standard InChI is InChI=1S/C34H38N4O5S/c1-24(2)32(25-11-5-3-6-12-25)36-34(41)31-27-15-9-10-16-29(27)35-33(26-13-7-4-8-14-26)28(31)23-37-18-20-38(21-19-37)44(42,43)22-17-30(39)40/h3-16,24,32H,17-23H2,1-2H3,(H,36,41)(H,39,40)/t32-/m0/s1. The summed E-state index contributed by atoms with van der Waals surface area (Å²) in [5.41, 5.74) is 4.69. The van der Waals surface area contributed by atoms with Gasteiger partial charge in [-0.2, -0.15) is 4.31 Å². The molecule has 230 valence electrons. The number of rotatable bonds is 11. The third kappa shape index (κ3) is 7.15. The summed E-state index contributed by atoms with van der Waals surface area (Å²) in [5, 5.41) is 13.0. The molecule has 5 rings (SSSR count). The summed E-state index contributed by atoms with van der Waals surface area (Å²) in [7, 11) is -3.67. The van der Waals surface area contributed by atoms with Crippen molar-refractivity contribution in [3.63, 3.8) is 0 Å². The topological polar surface area (TPSA) is 120 Å². The smallest absolute Gasteiger partial charge is 0.304 e. The molecule has 0 unspecified atom stereocenters. The Balaban J connectivity index is 1.53. The summed E-state index contributed by atoms with van der Waals surface area (Å²) < 4.78 is 26.8. The lowest BCUT2D eigenvalue weighted by atomic mass is 9.93. The van der Waals surface area contributed by atoms with Gasteiger partial charge in [-0.1, -0.05) is 92.7 Å². The van der Waals surface area contributed by atoms with Crippen molar-refractivity contribution in [2.45, 2.75) is 32.9 Å². The molecule has 4 aromatic rings. The minimum atomic E-state index is -3.67. The number of nitrogens with zero attached hydrogens (tertiary/aromatic N) is 3. The Kier molecular flexibility index (Phi) is 9.73. The van der Waals surface area contributed by atoms with Gasteiger partial charge in [0.1, 0.15) is 0 Å². The molecule has 1 aliphatic rings. The molecule has 0 spiro atoms. The van der Waals surface area contributed by atoms with E-state index in [0.29, 0.717) is 30.9 Å². The van der Waals surface area contributed by atoms with Crippen LogP contribution in [0, 0.1) is 5.92 Å². The molecule has 9 nitrogen and oxygen atoms in total. The molecule has 44 heavy (non-hydrogen) atoms. The number of aliphatic carboxylic acids is 1. The second-order valence-corrected chi connectivity index (χ2v) is 13.5. The second-order valence-electron chi connectivity index (χ2n) is 11.4. The van der Waals surface area contributed by atoms with Crippen LogP contribution in [0.25, 0.3) is 22.2 Å². The van der Waals surface area contributed by atoms with E-state index in [1.165, 1.54) is 4.31 Å². The van der Waals surface area contributed by atoms with Crippen molar-refractivity contribution < 1.29 is 23.1 Å². The number of amides is 1. The number of hydrogen-bond acceptors (Lipinski definition) is 6. The number of para-hydroxylation sites is 1. The van der Waals surface area contributed by atoms with Crippen LogP contribution in [0.1, 0.15) is 47.8 Å². The summed E-state index contributed by atoms with van der Waals surface area (Å²) in [4.78, 5) is 32.6. The summed E-state index contributed by atoms with van der Waals surface area (Å²) in [6, 6.07) is 27.2. The molecule has 0 saturated carbocycles. The maximum atomic E-state index is 14.4. The highest BCUT2D eigenvalue weighted by atomic mass is 32.2. The minimum absolute atomic E-state index is 0.141. The van der Waals surface area contributed by atoms with Gasteiger partial charge in [0.2, 0.25) is 10.0 Å². The van der Waals surface area contributed by atoms with Crippen LogP contribution in [0.15, 0.2) is 84.9 Å². The molecule has 1 amide bonds.